The molecule has 1 atom stereocenters. The van der Waals surface area contributed by atoms with Crippen LogP contribution in [0.15, 0.2) is 36.4 Å². The van der Waals surface area contributed by atoms with Crippen molar-refractivity contribution in [2.45, 2.75) is 52.0 Å². The molecule has 0 saturated carbocycles. The Morgan fingerprint density at radius 2 is 1.93 bits per heavy atom. The lowest BCUT2D eigenvalue weighted by molar-refractivity contribution is -0.384. The molecule has 0 spiro atoms. The second-order valence-electron chi connectivity index (χ2n) is 7.85. The maximum atomic E-state index is 12.7. The van der Waals surface area contributed by atoms with Gasteiger partial charge in [0, 0.05) is 24.2 Å². The largest absolute Gasteiger partial charge is 0.363 e. The van der Waals surface area contributed by atoms with Crippen LogP contribution in [-0.4, -0.2) is 23.4 Å². The molecule has 6 nitrogen and oxygen atoms in total. The normalized spacial score (nSPS) is 16.7. The minimum absolute atomic E-state index is 0.0389. The number of nitrogens with one attached hydrogen (secondary N) is 1. The van der Waals surface area contributed by atoms with Gasteiger partial charge in [0.2, 0.25) is 0 Å². The fourth-order valence-electron chi connectivity index (χ4n) is 3.69. The molecular formula is C22H26ClN3O3. The van der Waals surface area contributed by atoms with Crippen LogP contribution in [-0.2, 0) is 0 Å². The molecule has 0 aromatic heterocycles. The molecule has 0 radical (unpaired) electrons. The Bertz CT molecular complexity index is 912. The van der Waals surface area contributed by atoms with Crippen LogP contribution in [0.5, 0.6) is 0 Å². The highest BCUT2D eigenvalue weighted by Gasteiger charge is 2.27. The van der Waals surface area contributed by atoms with E-state index in [1.807, 2.05) is 17.0 Å². The molecular weight excluding hydrogens is 390 g/mol. The van der Waals surface area contributed by atoms with Crippen LogP contribution in [0.25, 0.3) is 0 Å². The van der Waals surface area contributed by atoms with E-state index in [2.05, 4.69) is 26.1 Å². The fourth-order valence-corrected chi connectivity index (χ4v) is 3.90. The SMILES string of the molecule is CC(C)c1ccc(C(=O)Nc2cc(N3CCCCC3C)c([N+](=O)[O-])cc2Cl)cc1. The Kier molecular flexibility index (Phi) is 6.42. The van der Waals surface area contributed by atoms with Crippen LogP contribution < -0.4 is 10.2 Å². The van der Waals surface area contributed by atoms with E-state index in [0.29, 0.717) is 22.9 Å². The number of anilines is 2. The lowest BCUT2D eigenvalue weighted by Crippen LogP contribution is -2.37. The van der Waals surface area contributed by atoms with Crippen molar-refractivity contribution in [3.63, 3.8) is 0 Å². The van der Waals surface area contributed by atoms with E-state index in [-0.39, 0.29) is 22.7 Å². The van der Waals surface area contributed by atoms with Gasteiger partial charge in [0.25, 0.3) is 11.6 Å². The van der Waals surface area contributed by atoms with Crippen molar-refractivity contribution in [3.05, 3.63) is 62.7 Å². The summed E-state index contributed by atoms with van der Waals surface area (Å²) in [5, 5.41) is 14.6. The van der Waals surface area contributed by atoms with Crippen molar-refractivity contribution >= 4 is 34.6 Å². The van der Waals surface area contributed by atoms with Crippen molar-refractivity contribution in [2.24, 2.45) is 0 Å². The van der Waals surface area contributed by atoms with E-state index >= 15 is 0 Å². The first-order valence-electron chi connectivity index (χ1n) is 9.93. The topological polar surface area (TPSA) is 75.5 Å². The molecule has 2 aromatic carbocycles. The monoisotopic (exact) mass is 415 g/mol. The number of halogens is 1. The molecule has 29 heavy (non-hydrogen) atoms. The first kappa shape index (κ1) is 21.1. The number of amides is 1. The van der Waals surface area contributed by atoms with E-state index in [1.165, 1.54) is 6.07 Å². The maximum absolute atomic E-state index is 12.7. The van der Waals surface area contributed by atoms with Crippen molar-refractivity contribution < 1.29 is 9.72 Å². The predicted octanol–water partition coefficient (Wildman–Crippen LogP) is 6.00. The molecule has 0 aliphatic carbocycles. The van der Waals surface area contributed by atoms with Gasteiger partial charge in [0.1, 0.15) is 5.69 Å². The molecule has 1 unspecified atom stereocenters. The van der Waals surface area contributed by atoms with E-state index in [4.69, 9.17) is 11.6 Å². The zero-order valence-corrected chi connectivity index (χ0v) is 17.7. The average Bonchev–Trinajstić information content (AvgIpc) is 2.69. The van der Waals surface area contributed by atoms with Crippen LogP contribution >= 0.6 is 11.6 Å². The average molecular weight is 416 g/mol. The highest BCUT2D eigenvalue weighted by atomic mass is 35.5. The minimum atomic E-state index is -0.418. The lowest BCUT2D eigenvalue weighted by Gasteiger charge is -2.35. The summed E-state index contributed by atoms with van der Waals surface area (Å²) in [5.74, 6) is 0.0824. The van der Waals surface area contributed by atoms with Gasteiger partial charge in [-0.3, -0.25) is 14.9 Å². The van der Waals surface area contributed by atoms with Crippen molar-refractivity contribution in [1.29, 1.82) is 0 Å². The summed E-state index contributed by atoms with van der Waals surface area (Å²) in [6, 6.07) is 10.6. The molecule has 2 aromatic rings. The smallest absolute Gasteiger partial charge is 0.294 e. The molecule has 1 saturated heterocycles. The minimum Gasteiger partial charge on any atom is -0.363 e. The van der Waals surface area contributed by atoms with E-state index < -0.39 is 4.92 Å². The van der Waals surface area contributed by atoms with E-state index in [1.54, 1.807) is 18.2 Å². The van der Waals surface area contributed by atoms with Gasteiger partial charge in [-0.1, -0.05) is 37.6 Å². The van der Waals surface area contributed by atoms with Crippen molar-refractivity contribution in [3.8, 4) is 0 Å². The summed E-state index contributed by atoms with van der Waals surface area (Å²) in [5.41, 5.74) is 2.50. The van der Waals surface area contributed by atoms with Crippen LogP contribution in [0, 0.1) is 10.1 Å². The van der Waals surface area contributed by atoms with Gasteiger partial charge in [-0.15, -0.1) is 0 Å². The molecule has 7 heteroatoms. The van der Waals surface area contributed by atoms with E-state index in [9.17, 15) is 14.9 Å². The summed E-state index contributed by atoms with van der Waals surface area (Å²) < 4.78 is 0. The third-order valence-corrected chi connectivity index (χ3v) is 5.77. The molecule has 1 aliphatic rings. The Labute approximate surface area is 176 Å². The quantitative estimate of drug-likeness (QED) is 0.479. The standard InChI is InChI=1S/C22H26ClN3O3/c1-14(2)16-7-9-17(10-8-16)22(27)24-19-13-20(21(26(28)29)12-18(19)23)25-11-5-4-6-15(25)3/h7-10,12-15H,4-6,11H2,1-3H3,(H,24,27). The van der Waals surface area contributed by atoms with Crippen molar-refractivity contribution in [1.82, 2.24) is 0 Å². The van der Waals surface area contributed by atoms with Gasteiger partial charge in [-0.25, -0.2) is 0 Å². The lowest BCUT2D eigenvalue weighted by atomic mass is 10.0. The Balaban J connectivity index is 1.91. The van der Waals surface area contributed by atoms with Gasteiger partial charge in [0.05, 0.1) is 15.6 Å². The maximum Gasteiger partial charge on any atom is 0.294 e. The molecule has 3 rings (SSSR count). The molecule has 0 bridgehead atoms. The highest BCUT2D eigenvalue weighted by Crippen LogP contribution is 2.39. The molecule has 1 aliphatic heterocycles. The fraction of sp³-hybridized carbons (Fsp3) is 0.409. The Hall–Kier alpha value is -2.60. The zero-order chi connectivity index (χ0) is 21.1. The number of rotatable bonds is 5. The third-order valence-electron chi connectivity index (χ3n) is 5.46. The summed E-state index contributed by atoms with van der Waals surface area (Å²) in [6.07, 6.45) is 3.06. The Morgan fingerprint density at radius 1 is 1.24 bits per heavy atom. The number of nitro benzene ring substituents is 1. The number of carbonyl (C=O) groups excluding carboxylic acids is 1. The molecule has 1 fully saturated rings. The molecule has 154 valence electrons. The van der Waals surface area contributed by atoms with Gasteiger partial charge in [-0.2, -0.15) is 0 Å². The number of benzene rings is 2. The van der Waals surface area contributed by atoms with Gasteiger partial charge >= 0.3 is 0 Å². The number of hydrogen-bond acceptors (Lipinski definition) is 4. The first-order valence-corrected chi connectivity index (χ1v) is 10.3. The number of hydrogen-bond donors (Lipinski definition) is 1. The first-order chi connectivity index (χ1) is 13.8. The summed E-state index contributed by atoms with van der Waals surface area (Å²) >= 11 is 6.28. The van der Waals surface area contributed by atoms with Gasteiger partial charge < -0.3 is 10.2 Å². The van der Waals surface area contributed by atoms with Gasteiger partial charge in [0.15, 0.2) is 0 Å². The second kappa shape index (κ2) is 8.82. The number of piperidine rings is 1. The highest BCUT2D eigenvalue weighted by molar-refractivity contribution is 6.34. The second-order valence-corrected chi connectivity index (χ2v) is 8.25. The third kappa shape index (κ3) is 4.70. The predicted molar refractivity (Wildman–Crippen MR) is 117 cm³/mol. The number of nitrogens with zero attached hydrogens (tertiary/aromatic N) is 2. The van der Waals surface area contributed by atoms with Crippen LogP contribution in [0.3, 0.4) is 0 Å². The van der Waals surface area contributed by atoms with Crippen LogP contribution in [0.1, 0.15) is 61.9 Å². The van der Waals surface area contributed by atoms with E-state index in [0.717, 1.165) is 31.4 Å². The number of nitro groups is 1. The molecule has 1 amide bonds. The van der Waals surface area contributed by atoms with Crippen molar-refractivity contribution in [2.75, 3.05) is 16.8 Å². The molecule has 1 heterocycles. The van der Waals surface area contributed by atoms with Crippen LogP contribution in [0.4, 0.5) is 17.1 Å². The number of carbonyl (C=O) groups is 1. The Morgan fingerprint density at radius 3 is 2.52 bits per heavy atom. The van der Waals surface area contributed by atoms with Gasteiger partial charge in [-0.05, 0) is 55.9 Å². The van der Waals surface area contributed by atoms with Crippen LogP contribution in [0.2, 0.25) is 5.02 Å². The summed E-state index contributed by atoms with van der Waals surface area (Å²) in [7, 11) is 0. The summed E-state index contributed by atoms with van der Waals surface area (Å²) in [4.78, 5) is 25.9. The summed E-state index contributed by atoms with van der Waals surface area (Å²) in [6.45, 7) is 6.99. The molecule has 1 N–H and O–H groups in total. The zero-order valence-electron chi connectivity index (χ0n) is 16.9.